The van der Waals surface area contributed by atoms with E-state index in [9.17, 15) is 0 Å². The van der Waals surface area contributed by atoms with Gasteiger partial charge in [-0.3, -0.25) is 0 Å². The average Bonchev–Trinajstić information content (AvgIpc) is 2.49. The molecular formula is C15H25N. The summed E-state index contributed by atoms with van der Waals surface area (Å²) < 4.78 is 0. The smallest absolute Gasteiger partial charge is 0.0663 e. The van der Waals surface area contributed by atoms with Crippen molar-refractivity contribution in [3.63, 3.8) is 0 Å². The van der Waals surface area contributed by atoms with Crippen molar-refractivity contribution in [2.45, 2.75) is 59.8 Å². The van der Waals surface area contributed by atoms with Gasteiger partial charge in [0.25, 0.3) is 0 Å². The molecule has 1 fully saturated rings. The van der Waals surface area contributed by atoms with Crippen molar-refractivity contribution in [1.29, 1.82) is 5.26 Å². The second-order valence-electron chi connectivity index (χ2n) is 5.95. The first-order chi connectivity index (χ1) is 7.48. The molecule has 2 atom stereocenters. The minimum Gasteiger partial charge on any atom is -0.198 e. The summed E-state index contributed by atoms with van der Waals surface area (Å²) in [6, 6.07) is 2.17. The second kappa shape index (κ2) is 5.53. The van der Waals surface area contributed by atoms with Gasteiger partial charge >= 0.3 is 0 Å². The fourth-order valence-corrected chi connectivity index (χ4v) is 2.84. The lowest BCUT2D eigenvalue weighted by atomic mass is 9.74. The molecule has 1 nitrogen and oxygen atoms in total. The average molecular weight is 219 g/mol. The van der Waals surface area contributed by atoms with E-state index in [1.54, 1.807) is 0 Å². The Morgan fingerprint density at radius 3 is 2.62 bits per heavy atom. The van der Waals surface area contributed by atoms with Crippen LogP contribution in [0.3, 0.4) is 0 Å². The van der Waals surface area contributed by atoms with Gasteiger partial charge in [-0.2, -0.15) is 5.26 Å². The number of nitrogens with zero attached hydrogens (tertiary/aromatic N) is 1. The van der Waals surface area contributed by atoms with Crippen molar-refractivity contribution in [3.05, 3.63) is 11.6 Å². The van der Waals surface area contributed by atoms with E-state index in [0.29, 0.717) is 11.8 Å². The maximum absolute atomic E-state index is 8.52. The van der Waals surface area contributed by atoms with Gasteiger partial charge in [-0.05, 0) is 49.9 Å². The Labute approximate surface area is 101 Å². The molecule has 0 amide bonds. The summed E-state index contributed by atoms with van der Waals surface area (Å²) >= 11 is 0. The molecule has 0 heterocycles. The van der Waals surface area contributed by atoms with Crippen LogP contribution < -0.4 is 0 Å². The molecule has 0 saturated heterocycles. The lowest BCUT2D eigenvalue weighted by Gasteiger charge is -2.31. The zero-order valence-corrected chi connectivity index (χ0v) is 11.2. The number of nitriles is 1. The van der Waals surface area contributed by atoms with E-state index < -0.39 is 0 Å². The van der Waals surface area contributed by atoms with Crippen LogP contribution in [0, 0.1) is 28.6 Å². The van der Waals surface area contributed by atoms with Gasteiger partial charge in [-0.15, -0.1) is 0 Å². The Hall–Kier alpha value is -0.770. The first-order valence-electron chi connectivity index (χ1n) is 6.51. The third kappa shape index (κ3) is 3.11. The Morgan fingerprint density at radius 2 is 2.12 bits per heavy atom. The van der Waals surface area contributed by atoms with Crippen LogP contribution in [0.4, 0.5) is 0 Å². The highest BCUT2D eigenvalue weighted by molar-refractivity contribution is 5.03. The predicted octanol–water partition coefficient (Wildman–Crippen LogP) is 4.70. The summed E-state index contributed by atoms with van der Waals surface area (Å²) in [4.78, 5) is 0. The maximum atomic E-state index is 8.52. The van der Waals surface area contributed by atoms with E-state index in [1.165, 1.54) is 31.3 Å². The van der Waals surface area contributed by atoms with Gasteiger partial charge in [0.05, 0.1) is 12.5 Å². The zero-order chi connectivity index (χ0) is 12.2. The Kier molecular flexibility index (Phi) is 4.59. The van der Waals surface area contributed by atoms with Crippen molar-refractivity contribution >= 4 is 0 Å². The second-order valence-corrected chi connectivity index (χ2v) is 5.95. The molecule has 1 aliphatic rings. The molecule has 0 N–H and O–H groups in total. The monoisotopic (exact) mass is 219 g/mol. The Morgan fingerprint density at radius 1 is 1.44 bits per heavy atom. The predicted molar refractivity (Wildman–Crippen MR) is 68.9 cm³/mol. The molecule has 1 heteroatoms. The summed E-state index contributed by atoms with van der Waals surface area (Å²) in [6.45, 7) is 9.38. The first kappa shape index (κ1) is 13.3. The van der Waals surface area contributed by atoms with Gasteiger partial charge < -0.3 is 0 Å². The van der Waals surface area contributed by atoms with Crippen molar-refractivity contribution in [2.24, 2.45) is 17.3 Å². The van der Waals surface area contributed by atoms with Crippen molar-refractivity contribution in [3.8, 4) is 6.07 Å². The minimum absolute atomic E-state index is 0.509. The molecule has 90 valence electrons. The van der Waals surface area contributed by atoms with Crippen molar-refractivity contribution in [2.75, 3.05) is 0 Å². The van der Waals surface area contributed by atoms with Crippen LogP contribution in [0.1, 0.15) is 59.8 Å². The third-order valence-electron chi connectivity index (χ3n) is 4.70. The van der Waals surface area contributed by atoms with Crippen molar-refractivity contribution in [1.82, 2.24) is 0 Å². The molecule has 0 radical (unpaired) electrons. The number of hydrogen-bond acceptors (Lipinski definition) is 1. The first-order valence-corrected chi connectivity index (χ1v) is 6.51. The van der Waals surface area contributed by atoms with Crippen LogP contribution in [0.5, 0.6) is 0 Å². The third-order valence-corrected chi connectivity index (χ3v) is 4.70. The SMILES string of the molecule is CC(=CCC#N)CCC1CCC(C)C1(C)C. The zero-order valence-electron chi connectivity index (χ0n) is 11.2. The van der Waals surface area contributed by atoms with Crippen LogP contribution in [0.25, 0.3) is 0 Å². The van der Waals surface area contributed by atoms with Gasteiger partial charge in [-0.1, -0.05) is 32.4 Å². The maximum Gasteiger partial charge on any atom is 0.0663 e. The quantitative estimate of drug-likeness (QED) is 0.629. The highest BCUT2D eigenvalue weighted by Crippen LogP contribution is 2.49. The van der Waals surface area contributed by atoms with Gasteiger partial charge in [0.1, 0.15) is 0 Å². The molecule has 0 aliphatic heterocycles. The molecule has 0 aromatic rings. The molecule has 1 saturated carbocycles. The van der Waals surface area contributed by atoms with E-state index >= 15 is 0 Å². The molecule has 2 unspecified atom stereocenters. The molecule has 0 bridgehead atoms. The number of rotatable bonds is 4. The highest BCUT2D eigenvalue weighted by Gasteiger charge is 2.39. The van der Waals surface area contributed by atoms with E-state index in [0.717, 1.165) is 11.8 Å². The van der Waals surface area contributed by atoms with Crippen molar-refractivity contribution < 1.29 is 0 Å². The minimum atomic E-state index is 0.509. The largest absolute Gasteiger partial charge is 0.198 e. The fourth-order valence-electron chi connectivity index (χ4n) is 2.84. The van der Waals surface area contributed by atoms with E-state index in [-0.39, 0.29) is 0 Å². The van der Waals surface area contributed by atoms with Crippen LogP contribution in [0.2, 0.25) is 0 Å². The lowest BCUT2D eigenvalue weighted by molar-refractivity contribution is 0.189. The molecule has 0 aromatic heterocycles. The fraction of sp³-hybridized carbons (Fsp3) is 0.800. The van der Waals surface area contributed by atoms with E-state index in [4.69, 9.17) is 5.26 Å². The molecule has 0 spiro atoms. The van der Waals surface area contributed by atoms with Crippen LogP contribution in [-0.4, -0.2) is 0 Å². The van der Waals surface area contributed by atoms with Crippen LogP contribution >= 0.6 is 0 Å². The number of hydrogen-bond donors (Lipinski definition) is 0. The summed E-state index contributed by atoms with van der Waals surface area (Å²) in [5, 5.41) is 8.52. The molecule has 1 rings (SSSR count). The lowest BCUT2D eigenvalue weighted by Crippen LogP contribution is -2.23. The van der Waals surface area contributed by atoms with Crippen LogP contribution in [0.15, 0.2) is 11.6 Å². The molecule has 16 heavy (non-hydrogen) atoms. The van der Waals surface area contributed by atoms with E-state index in [1.807, 2.05) is 0 Å². The summed E-state index contributed by atoms with van der Waals surface area (Å²) in [6.07, 6.45) is 7.88. The van der Waals surface area contributed by atoms with Gasteiger partial charge in [0.15, 0.2) is 0 Å². The molecular weight excluding hydrogens is 194 g/mol. The molecule has 1 aliphatic carbocycles. The Balaban J connectivity index is 2.42. The van der Waals surface area contributed by atoms with Gasteiger partial charge in [0, 0.05) is 0 Å². The summed E-state index contributed by atoms with van der Waals surface area (Å²) in [7, 11) is 0. The summed E-state index contributed by atoms with van der Waals surface area (Å²) in [5.74, 6) is 1.73. The summed E-state index contributed by atoms with van der Waals surface area (Å²) in [5.41, 5.74) is 1.90. The normalized spacial score (nSPS) is 29.1. The highest BCUT2D eigenvalue weighted by atomic mass is 14.4. The standard InChI is InChI=1S/C15H25N/c1-12(6-5-11-16)7-9-14-10-8-13(2)15(14,3)4/h6,13-14H,5,7-10H2,1-4H3. The topological polar surface area (TPSA) is 23.8 Å². The number of allylic oxidation sites excluding steroid dienone is 2. The van der Waals surface area contributed by atoms with Gasteiger partial charge in [-0.25, -0.2) is 0 Å². The van der Waals surface area contributed by atoms with Crippen LogP contribution in [-0.2, 0) is 0 Å². The Bertz CT molecular complexity index is 293. The molecule has 0 aromatic carbocycles. The van der Waals surface area contributed by atoms with E-state index in [2.05, 4.69) is 39.8 Å². The van der Waals surface area contributed by atoms with Gasteiger partial charge in [0.2, 0.25) is 0 Å².